The lowest BCUT2D eigenvalue weighted by Crippen LogP contribution is -2.33. The fourth-order valence-electron chi connectivity index (χ4n) is 1.19. The minimum Gasteiger partial charge on any atom is -0.356 e. The summed E-state index contributed by atoms with van der Waals surface area (Å²) >= 11 is 0. The Morgan fingerprint density at radius 1 is 1.00 bits per heavy atom. The number of hydrogen-bond acceptors (Lipinski definition) is 3. The average Bonchev–Trinajstić information content (AvgIpc) is 2.27. The molecule has 0 heterocycles. The van der Waals surface area contributed by atoms with Crippen molar-refractivity contribution in [1.82, 2.24) is 16.0 Å². The number of nitrogens with one attached hydrogen (secondary N) is 3. The highest BCUT2D eigenvalue weighted by Crippen LogP contribution is 1.88. The minimum atomic E-state index is -0.0115. The van der Waals surface area contributed by atoms with Crippen molar-refractivity contribution in [1.29, 1.82) is 0 Å². The summed E-state index contributed by atoms with van der Waals surface area (Å²) in [5.74, 6) is 0.432. The van der Waals surface area contributed by atoms with Gasteiger partial charge >= 0.3 is 0 Å². The van der Waals surface area contributed by atoms with Crippen LogP contribution in [-0.2, 0) is 9.59 Å². The molecule has 0 saturated heterocycles. The van der Waals surface area contributed by atoms with Crippen LogP contribution in [0.2, 0.25) is 0 Å². The van der Waals surface area contributed by atoms with Crippen molar-refractivity contribution >= 4 is 11.8 Å². The number of carbonyl (C=O) groups is 2. The van der Waals surface area contributed by atoms with Crippen LogP contribution in [0.25, 0.3) is 0 Å². The lowest BCUT2D eigenvalue weighted by atomic mass is 10.2. The molecule has 0 radical (unpaired) electrons. The number of hydrogen-bond donors (Lipinski definition) is 3. The second-order valence-corrected chi connectivity index (χ2v) is 4.40. The van der Waals surface area contributed by atoms with Gasteiger partial charge in [0.1, 0.15) is 0 Å². The Labute approximate surface area is 104 Å². The Balaban J connectivity index is 3.42. The predicted octanol–water partition coefficient (Wildman–Crippen LogP) is 0.265. The van der Waals surface area contributed by atoms with Gasteiger partial charge in [0.15, 0.2) is 0 Å². The van der Waals surface area contributed by atoms with Crippen LogP contribution in [0.15, 0.2) is 0 Å². The summed E-state index contributed by atoms with van der Waals surface area (Å²) in [6.45, 7) is 8.73. The molecule has 0 saturated carbocycles. The second kappa shape index (κ2) is 10.1. The van der Waals surface area contributed by atoms with Crippen molar-refractivity contribution in [3.8, 4) is 0 Å². The summed E-state index contributed by atoms with van der Waals surface area (Å²) in [6, 6.07) is 0. The summed E-state index contributed by atoms with van der Waals surface area (Å²) in [7, 11) is 0. The third-order valence-electron chi connectivity index (χ3n) is 2.16. The number of amides is 2. The molecular formula is C12H25N3O2. The van der Waals surface area contributed by atoms with Gasteiger partial charge in [-0.1, -0.05) is 20.8 Å². The van der Waals surface area contributed by atoms with E-state index in [2.05, 4.69) is 16.0 Å². The van der Waals surface area contributed by atoms with E-state index in [1.54, 1.807) is 0 Å². The van der Waals surface area contributed by atoms with Crippen molar-refractivity contribution in [2.45, 2.75) is 33.6 Å². The standard InChI is InChI=1S/C12H25N3O2/c1-4-13-7-5-11(16)14-8-6-12(17)15-9-10(2)3/h10,13H,4-9H2,1-3H3,(H,14,16)(H,15,17). The highest BCUT2D eigenvalue weighted by Gasteiger charge is 2.04. The third kappa shape index (κ3) is 11.2. The van der Waals surface area contributed by atoms with Crippen LogP contribution in [0, 0.1) is 5.92 Å². The first-order chi connectivity index (χ1) is 8.06. The van der Waals surface area contributed by atoms with Gasteiger partial charge in [0.25, 0.3) is 0 Å². The molecule has 5 nitrogen and oxygen atoms in total. The molecule has 17 heavy (non-hydrogen) atoms. The van der Waals surface area contributed by atoms with Crippen LogP contribution in [-0.4, -0.2) is 38.0 Å². The Morgan fingerprint density at radius 3 is 2.18 bits per heavy atom. The number of rotatable bonds is 9. The molecule has 0 aromatic carbocycles. The molecule has 2 amide bonds. The van der Waals surface area contributed by atoms with Crippen LogP contribution in [0.3, 0.4) is 0 Å². The molecule has 0 spiro atoms. The van der Waals surface area contributed by atoms with Gasteiger partial charge in [0.05, 0.1) is 0 Å². The second-order valence-electron chi connectivity index (χ2n) is 4.40. The zero-order chi connectivity index (χ0) is 13.1. The first kappa shape index (κ1) is 15.9. The molecule has 100 valence electrons. The minimum absolute atomic E-state index is 0.00863. The third-order valence-corrected chi connectivity index (χ3v) is 2.16. The predicted molar refractivity (Wildman–Crippen MR) is 68.6 cm³/mol. The molecule has 0 rings (SSSR count). The highest BCUT2D eigenvalue weighted by atomic mass is 16.2. The summed E-state index contributed by atoms with van der Waals surface area (Å²) in [5, 5.41) is 8.60. The lowest BCUT2D eigenvalue weighted by Gasteiger charge is -2.08. The van der Waals surface area contributed by atoms with Crippen LogP contribution in [0.5, 0.6) is 0 Å². The molecule has 0 aromatic rings. The Bertz CT molecular complexity index is 230. The van der Waals surface area contributed by atoms with Gasteiger partial charge < -0.3 is 16.0 Å². The van der Waals surface area contributed by atoms with Gasteiger partial charge in [-0.05, 0) is 12.5 Å². The molecule has 0 aliphatic rings. The van der Waals surface area contributed by atoms with E-state index < -0.39 is 0 Å². The highest BCUT2D eigenvalue weighted by molar-refractivity contribution is 5.78. The van der Waals surface area contributed by atoms with Gasteiger partial charge in [0, 0.05) is 32.5 Å². The van der Waals surface area contributed by atoms with E-state index in [1.165, 1.54) is 0 Å². The Hall–Kier alpha value is -1.10. The zero-order valence-electron chi connectivity index (χ0n) is 11.1. The maximum Gasteiger partial charge on any atom is 0.221 e. The molecule has 0 aliphatic heterocycles. The van der Waals surface area contributed by atoms with Gasteiger partial charge in [-0.15, -0.1) is 0 Å². The Morgan fingerprint density at radius 2 is 1.59 bits per heavy atom. The van der Waals surface area contributed by atoms with Crippen molar-refractivity contribution in [2.75, 3.05) is 26.2 Å². The molecule has 0 fully saturated rings. The topological polar surface area (TPSA) is 70.2 Å². The van der Waals surface area contributed by atoms with Gasteiger partial charge in [-0.25, -0.2) is 0 Å². The summed E-state index contributed by atoms with van der Waals surface area (Å²) in [5.41, 5.74) is 0. The van der Waals surface area contributed by atoms with Crippen molar-refractivity contribution in [3.05, 3.63) is 0 Å². The molecule has 0 atom stereocenters. The van der Waals surface area contributed by atoms with Crippen molar-refractivity contribution in [2.24, 2.45) is 5.92 Å². The molecule has 0 unspecified atom stereocenters. The van der Waals surface area contributed by atoms with Crippen LogP contribution >= 0.6 is 0 Å². The molecule has 3 N–H and O–H groups in total. The summed E-state index contributed by atoms with van der Waals surface area (Å²) in [4.78, 5) is 22.6. The van der Waals surface area contributed by atoms with Crippen molar-refractivity contribution < 1.29 is 9.59 Å². The van der Waals surface area contributed by atoms with Crippen LogP contribution in [0.1, 0.15) is 33.6 Å². The average molecular weight is 243 g/mol. The number of carbonyl (C=O) groups excluding carboxylic acids is 2. The van der Waals surface area contributed by atoms with Crippen molar-refractivity contribution in [3.63, 3.8) is 0 Å². The van der Waals surface area contributed by atoms with E-state index in [1.807, 2.05) is 20.8 Å². The Kier molecular flexibility index (Phi) is 9.43. The van der Waals surface area contributed by atoms with Crippen LogP contribution < -0.4 is 16.0 Å². The molecule has 0 aromatic heterocycles. The fraction of sp³-hybridized carbons (Fsp3) is 0.833. The van der Waals surface area contributed by atoms with E-state index >= 15 is 0 Å². The summed E-state index contributed by atoms with van der Waals surface area (Å²) < 4.78 is 0. The largest absolute Gasteiger partial charge is 0.356 e. The normalized spacial score (nSPS) is 10.4. The van der Waals surface area contributed by atoms with E-state index in [4.69, 9.17) is 0 Å². The first-order valence-electron chi connectivity index (χ1n) is 6.30. The summed E-state index contributed by atoms with van der Waals surface area (Å²) in [6.07, 6.45) is 0.807. The first-order valence-corrected chi connectivity index (χ1v) is 6.30. The molecule has 0 bridgehead atoms. The molecular weight excluding hydrogens is 218 g/mol. The lowest BCUT2D eigenvalue weighted by molar-refractivity contribution is -0.122. The maximum atomic E-state index is 11.3. The van der Waals surface area contributed by atoms with Gasteiger partial charge in [0.2, 0.25) is 11.8 Å². The SMILES string of the molecule is CCNCCC(=O)NCCC(=O)NCC(C)C. The quantitative estimate of drug-likeness (QED) is 0.509. The molecule has 0 aliphatic carbocycles. The zero-order valence-corrected chi connectivity index (χ0v) is 11.1. The molecule has 5 heteroatoms. The van der Waals surface area contributed by atoms with Gasteiger partial charge in [-0.2, -0.15) is 0 Å². The fourth-order valence-corrected chi connectivity index (χ4v) is 1.19. The van der Waals surface area contributed by atoms with Crippen LogP contribution in [0.4, 0.5) is 0 Å². The maximum absolute atomic E-state index is 11.3. The van der Waals surface area contributed by atoms with E-state index in [0.29, 0.717) is 38.4 Å². The monoisotopic (exact) mass is 243 g/mol. The van der Waals surface area contributed by atoms with E-state index in [9.17, 15) is 9.59 Å². The van der Waals surface area contributed by atoms with E-state index in [-0.39, 0.29) is 11.8 Å². The van der Waals surface area contributed by atoms with E-state index in [0.717, 1.165) is 6.54 Å². The van der Waals surface area contributed by atoms with Gasteiger partial charge in [-0.3, -0.25) is 9.59 Å². The smallest absolute Gasteiger partial charge is 0.221 e.